The van der Waals surface area contributed by atoms with Gasteiger partial charge < -0.3 is 5.32 Å². The van der Waals surface area contributed by atoms with Gasteiger partial charge in [0, 0.05) is 25.3 Å². The van der Waals surface area contributed by atoms with Gasteiger partial charge in [-0.15, -0.1) is 0 Å². The first-order valence-corrected chi connectivity index (χ1v) is 5.52. The molecule has 1 atom stereocenters. The molecule has 0 aliphatic carbocycles. The largest absolute Gasteiger partial charge is 0.315 e. The summed E-state index contributed by atoms with van der Waals surface area (Å²) in [4.78, 5) is 10.3. The van der Waals surface area contributed by atoms with E-state index < -0.39 is 0 Å². The molecule has 1 saturated heterocycles. The van der Waals surface area contributed by atoms with Crippen LogP contribution in [0.2, 0.25) is 5.28 Å². The zero-order valence-corrected chi connectivity index (χ0v) is 9.54. The monoisotopic (exact) mass is 226 g/mol. The van der Waals surface area contributed by atoms with E-state index in [4.69, 9.17) is 11.6 Å². The van der Waals surface area contributed by atoms with Crippen molar-refractivity contribution in [1.29, 1.82) is 0 Å². The van der Waals surface area contributed by atoms with Crippen molar-refractivity contribution in [2.45, 2.75) is 19.0 Å². The molecule has 1 N–H and O–H groups in total. The van der Waals surface area contributed by atoms with Crippen molar-refractivity contribution in [3.63, 3.8) is 0 Å². The molecule has 1 aromatic heterocycles. The minimum atomic E-state index is 0.324. The van der Waals surface area contributed by atoms with Crippen LogP contribution in [0.3, 0.4) is 0 Å². The summed E-state index contributed by atoms with van der Waals surface area (Å²) >= 11 is 5.73. The number of aromatic nitrogens is 2. The van der Waals surface area contributed by atoms with Crippen LogP contribution in [0, 0.1) is 0 Å². The number of likely N-dealkylation sites (N-methyl/N-ethyl adjacent to an activating group) is 1. The Bertz CT molecular complexity index is 325. The lowest BCUT2D eigenvalue weighted by atomic mass is 10.2. The minimum absolute atomic E-state index is 0.324. The number of nitrogens with zero attached hydrogens (tertiary/aromatic N) is 3. The molecule has 0 radical (unpaired) electrons. The fourth-order valence-corrected chi connectivity index (χ4v) is 2.02. The molecule has 1 aliphatic heterocycles. The Balaban J connectivity index is 1.95. The van der Waals surface area contributed by atoms with Crippen molar-refractivity contribution >= 4 is 11.6 Å². The maximum atomic E-state index is 5.73. The lowest BCUT2D eigenvalue weighted by Crippen LogP contribution is -2.33. The maximum absolute atomic E-state index is 5.73. The van der Waals surface area contributed by atoms with E-state index in [1.807, 2.05) is 6.07 Å². The highest BCUT2D eigenvalue weighted by Crippen LogP contribution is 2.10. The van der Waals surface area contributed by atoms with Gasteiger partial charge in [0.05, 0.1) is 5.69 Å². The molecule has 2 rings (SSSR count). The maximum Gasteiger partial charge on any atom is 0.222 e. The Morgan fingerprint density at radius 2 is 2.53 bits per heavy atom. The van der Waals surface area contributed by atoms with E-state index in [-0.39, 0.29) is 0 Å². The smallest absolute Gasteiger partial charge is 0.222 e. The normalized spacial score (nSPS) is 21.1. The summed E-state index contributed by atoms with van der Waals surface area (Å²) in [5.74, 6) is 0. The summed E-state index contributed by atoms with van der Waals surface area (Å²) in [6.07, 6.45) is 2.90. The fraction of sp³-hybridized carbons (Fsp3) is 0.600. The second-order valence-corrected chi connectivity index (χ2v) is 4.22. The summed E-state index contributed by atoms with van der Waals surface area (Å²) in [5.41, 5.74) is 0.976. The Hall–Kier alpha value is -0.710. The number of nitrogens with one attached hydrogen (secondary N) is 1. The Morgan fingerprint density at radius 1 is 1.67 bits per heavy atom. The third-order valence-corrected chi connectivity index (χ3v) is 2.94. The topological polar surface area (TPSA) is 41.1 Å². The van der Waals surface area contributed by atoms with Crippen molar-refractivity contribution in [2.75, 3.05) is 20.1 Å². The van der Waals surface area contributed by atoms with E-state index in [1.54, 1.807) is 6.20 Å². The van der Waals surface area contributed by atoms with Crippen molar-refractivity contribution < 1.29 is 0 Å². The van der Waals surface area contributed by atoms with E-state index in [1.165, 1.54) is 6.42 Å². The van der Waals surface area contributed by atoms with Crippen LogP contribution < -0.4 is 5.32 Å². The third kappa shape index (κ3) is 2.87. The quantitative estimate of drug-likeness (QED) is 0.779. The highest BCUT2D eigenvalue weighted by Gasteiger charge is 2.19. The molecule has 15 heavy (non-hydrogen) atoms. The summed E-state index contributed by atoms with van der Waals surface area (Å²) in [7, 11) is 2.12. The van der Waals surface area contributed by atoms with Gasteiger partial charge in [-0.25, -0.2) is 9.97 Å². The van der Waals surface area contributed by atoms with E-state index in [0.29, 0.717) is 11.3 Å². The standard InChI is InChI=1S/C10H15ClN4/c1-15(9-3-4-12-6-9)7-8-2-5-13-10(11)14-8/h2,5,9,12H,3-4,6-7H2,1H3/t9-/m0/s1. The van der Waals surface area contributed by atoms with Crippen LogP contribution in [0.5, 0.6) is 0 Å². The average Bonchev–Trinajstić information content (AvgIpc) is 2.70. The number of hydrogen-bond donors (Lipinski definition) is 1. The SMILES string of the molecule is CN(Cc1ccnc(Cl)n1)[C@H]1CCNC1. The molecule has 0 amide bonds. The lowest BCUT2D eigenvalue weighted by molar-refractivity contribution is 0.246. The van der Waals surface area contributed by atoms with Crippen LogP contribution in [-0.4, -0.2) is 41.0 Å². The van der Waals surface area contributed by atoms with Gasteiger partial charge in [0.2, 0.25) is 5.28 Å². The predicted octanol–water partition coefficient (Wildman–Crippen LogP) is 0.924. The number of hydrogen-bond acceptors (Lipinski definition) is 4. The van der Waals surface area contributed by atoms with Crippen LogP contribution >= 0.6 is 11.6 Å². The highest BCUT2D eigenvalue weighted by atomic mass is 35.5. The summed E-state index contributed by atoms with van der Waals surface area (Å²) in [6.45, 7) is 3.00. The van der Waals surface area contributed by atoms with Crippen LogP contribution in [0.15, 0.2) is 12.3 Å². The molecule has 1 aromatic rings. The first-order valence-electron chi connectivity index (χ1n) is 5.14. The van der Waals surface area contributed by atoms with Crippen molar-refractivity contribution in [1.82, 2.24) is 20.2 Å². The molecule has 0 saturated carbocycles. The third-order valence-electron chi connectivity index (χ3n) is 2.75. The van der Waals surface area contributed by atoms with Gasteiger partial charge >= 0.3 is 0 Å². The molecule has 0 aromatic carbocycles. The Kier molecular flexibility index (Phi) is 3.51. The molecular weight excluding hydrogens is 212 g/mol. The molecule has 2 heterocycles. The van der Waals surface area contributed by atoms with Gasteiger partial charge in [-0.3, -0.25) is 4.90 Å². The summed E-state index contributed by atoms with van der Waals surface area (Å²) < 4.78 is 0. The number of halogens is 1. The van der Waals surface area contributed by atoms with Crippen LogP contribution in [-0.2, 0) is 6.54 Å². The highest BCUT2D eigenvalue weighted by molar-refractivity contribution is 6.28. The molecule has 0 bridgehead atoms. The molecule has 4 nitrogen and oxygen atoms in total. The number of rotatable bonds is 3. The van der Waals surface area contributed by atoms with Crippen LogP contribution in [0.1, 0.15) is 12.1 Å². The second kappa shape index (κ2) is 4.88. The van der Waals surface area contributed by atoms with E-state index in [0.717, 1.165) is 25.3 Å². The summed E-state index contributed by atoms with van der Waals surface area (Å²) in [6, 6.07) is 2.52. The zero-order chi connectivity index (χ0) is 10.7. The average molecular weight is 227 g/mol. The predicted molar refractivity (Wildman–Crippen MR) is 59.8 cm³/mol. The van der Waals surface area contributed by atoms with Gasteiger partial charge in [-0.2, -0.15) is 0 Å². The van der Waals surface area contributed by atoms with Gasteiger partial charge in [-0.05, 0) is 37.7 Å². The molecule has 1 fully saturated rings. The molecule has 82 valence electrons. The fourth-order valence-electron chi connectivity index (χ4n) is 1.86. The molecular formula is C10H15ClN4. The lowest BCUT2D eigenvalue weighted by Gasteiger charge is -2.22. The van der Waals surface area contributed by atoms with Gasteiger partial charge in [-0.1, -0.05) is 0 Å². The second-order valence-electron chi connectivity index (χ2n) is 3.88. The first kappa shape index (κ1) is 10.8. The molecule has 0 unspecified atom stereocenters. The van der Waals surface area contributed by atoms with Crippen molar-refractivity contribution in [3.05, 3.63) is 23.2 Å². The van der Waals surface area contributed by atoms with Gasteiger partial charge in [0.15, 0.2) is 0 Å². The summed E-state index contributed by atoms with van der Waals surface area (Å²) in [5, 5.41) is 3.67. The van der Waals surface area contributed by atoms with Crippen molar-refractivity contribution in [3.8, 4) is 0 Å². The Morgan fingerprint density at radius 3 is 3.20 bits per heavy atom. The zero-order valence-electron chi connectivity index (χ0n) is 8.78. The Labute approximate surface area is 94.7 Å². The van der Waals surface area contributed by atoms with Crippen LogP contribution in [0.4, 0.5) is 0 Å². The van der Waals surface area contributed by atoms with E-state index in [9.17, 15) is 0 Å². The van der Waals surface area contributed by atoms with Crippen LogP contribution in [0.25, 0.3) is 0 Å². The van der Waals surface area contributed by atoms with Crippen molar-refractivity contribution in [2.24, 2.45) is 0 Å². The molecule has 5 heteroatoms. The van der Waals surface area contributed by atoms with E-state index in [2.05, 4.69) is 27.2 Å². The first-order chi connectivity index (χ1) is 7.25. The minimum Gasteiger partial charge on any atom is -0.315 e. The van der Waals surface area contributed by atoms with Gasteiger partial charge in [0.25, 0.3) is 0 Å². The molecule has 1 aliphatic rings. The van der Waals surface area contributed by atoms with Gasteiger partial charge in [0.1, 0.15) is 0 Å². The molecule has 0 spiro atoms. The van der Waals surface area contributed by atoms with E-state index >= 15 is 0 Å².